The number of pyridine rings is 1. The Balaban J connectivity index is 1.36. The number of carbonyl (C=O) groups is 1. The number of nitrogens with zero attached hydrogens (tertiary/aromatic N) is 4. The molecule has 0 bridgehead atoms. The lowest BCUT2D eigenvalue weighted by atomic mass is 10.0. The van der Waals surface area contributed by atoms with Crippen molar-refractivity contribution < 1.29 is 9.90 Å². The van der Waals surface area contributed by atoms with Gasteiger partial charge < -0.3 is 15.0 Å². The van der Waals surface area contributed by atoms with E-state index in [-0.39, 0.29) is 18.6 Å². The number of nitrogens with one attached hydrogen (secondary N) is 1. The van der Waals surface area contributed by atoms with Crippen LogP contribution in [0.5, 0.6) is 0 Å². The zero-order valence-corrected chi connectivity index (χ0v) is 15.8. The molecule has 2 aromatic rings. The van der Waals surface area contributed by atoms with Gasteiger partial charge in [0.2, 0.25) is 0 Å². The molecule has 7 heteroatoms. The molecule has 1 unspecified atom stereocenters. The number of aromatic nitrogens is 3. The molecule has 2 fully saturated rings. The van der Waals surface area contributed by atoms with Gasteiger partial charge in [-0.2, -0.15) is 0 Å². The summed E-state index contributed by atoms with van der Waals surface area (Å²) in [6.07, 6.45) is 11.8. The van der Waals surface area contributed by atoms with Crippen molar-refractivity contribution in [1.29, 1.82) is 0 Å². The van der Waals surface area contributed by atoms with Crippen LogP contribution < -0.4 is 5.32 Å². The molecule has 4 rings (SSSR count). The highest BCUT2D eigenvalue weighted by Crippen LogP contribution is 2.31. The second-order valence-corrected chi connectivity index (χ2v) is 7.78. The fourth-order valence-electron chi connectivity index (χ4n) is 4.47. The van der Waals surface area contributed by atoms with Crippen molar-refractivity contribution in [2.24, 2.45) is 0 Å². The maximum absolute atomic E-state index is 12.5. The van der Waals surface area contributed by atoms with E-state index in [1.165, 1.54) is 32.1 Å². The van der Waals surface area contributed by atoms with Crippen LogP contribution >= 0.6 is 0 Å². The number of fused-ring (bicyclic) bond motifs is 1. The highest BCUT2D eigenvalue weighted by Gasteiger charge is 2.22. The first-order chi connectivity index (χ1) is 13.3. The molecule has 27 heavy (non-hydrogen) atoms. The standard InChI is InChI=1S/C20H29N5O2/c26-13-17-7-3-4-9-24(17)10-8-21-20(27)15-11-18-19(22-12-15)25(14-23-18)16-5-1-2-6-16/h11-12,14,16-17,26H,1-10,13H2,(H,21,27). The van der Waals surface area contributed by atoms with Crippen molar-refractivity contribution in [3.63, 3.8) is 0 Å². The van der Waals surface area contributed by atoms with Gasteiger partial charge in [-0.15, -0.1) is 0 Å². The van der Waals surface area contributed by atoms with E-state index in [1.54, 1.807) is 6.20 Å². The molecule has 2 N–H and O–H groups in total. The smallest absolute Gasteiger partial charge is 0.252 e. The van der Waals surface area contributed by atoms with Gasteiger partial charge in [0, 0.05) is 31.4 Å². The molecule has 7 nitrogen and oxygen atoms in total. The highest BCUT2D eigenvalue weighted by atomic mass is 16.3. The maximum Gasteiger partial charge on any atom is 0.252 e. The Morgan fingerprint density at radius 3 is 2.81 bits per heavy atom. The Morgan fingerprint density at radius 1 is 1.19 bits per heavy atom. The van der Waals surface area contributed by atoms with Crippen molar-refractivity contribution in [3.8, 4) is 0 Å². The van der Waals surface area contributed by atoms with Gasteiger partial charge in [-0.05, 0) is 38.3 Å². The molecule has 2 aromatic heterocycles. The van der Waals surface area contributed by atoms with Gasteiger partial charge in [-0.3, -0.25) is 9.69 Å². The Labute approximate surface area is 159 Å². The van der Waals surface area contributed by atoms with Crippen molar-refractivity contribution >= 4 is 17.1 Å². The van der Waals surface area contributed by atoms with E-state index < -0.39 is 0 Å². The van der Waals surface area contributed by atoms with Crippen LogP contribution in [0.15, 0.2) is 18.6 Å². The number of aliphatic hydroxyl groups excluding tert-OH is 1. The fraction of sp³-hybridized carbons (Fsp3) is 0.650. The van der Waals surface area contributed by atoms with E-state index in [9.17, 15) is 9.90 Å². The van der Waals surface area contributed by atoms with Crippen LogP contribution in [0.3, 0.4) is 0 Å². The van der Waals surface area contributed by atoms with Crippen LogP contribution in [0, 0.1) is 0 Å². The minimum Gasteiger partial charge on any atom is -0.395 e. The number of piperidine rings is 1. The van der Waals surface area contributed by atoms with Gasteiger partial charge in [-0.25, -0.2) is 9.97 Å². The lowest BCUT2D eigenvalue weighted by molar-refractivity contribution is 0.0849. The predicted octanol–water partition coefficient (Wildman–Crippen LogP) is 2.12. The number of imidazole rings is 1. The third-order valence-corrected chi connectivity index (χ3v) is 6.04. The monoisotopic (exact) mass is 371 g/mol. The van der Waals surface area contributed by atoms with Crippen LogP contribution in [0.25, 0.3) is 11.2 Å². The first-order valence-corrected chi connectivity index (χ1v) is 10.2. The molecule has 146 valence electrons. The number of hydrogen-bond acceptors (Lipinski definition) is 5. The SMILES string of the molecule is O=C(NCCN1CCCCC1CO)c1cnc2c(c1)ncn2C1CCCC1. The first-order valence-electron chi connectivity index (χ1n) is 10.2. The summed E-state index contributed by atoms with van der Waals surface area (Å²) in [5, 5.41) is 12.5. The van der Waals surface area contributed by atoms with Crippen molar-refractivity contribution in [3.05, 3.63) is 24.2 Å². The largest absolute Gasteiger partial charge is 0.395 e. The molecule has 0 spiro atoms. The summed E-state index contributed by atoms with van der Waals surface area (Å²) in [6.45, 7) is 2.53. The number of aliphatic hydroxyl groups is 1. The number of amides is 1. The molecule has 0 aromatic carbocycles. The summed E-state index contributed by atoms with van der Waals surface area (Å²) in [7, 11) is 0. The molecular weight excluding hydrogens is 342 g/mol. The Kier molecular flexibility index (Phi) is 5.69. The molecule has 3 heterocycles. The second kappa shape index (κ2) is 8.35. The number of likely N-dealkylation sites (tertiary alicyclic amines) is 1. The molecule has 1 aliphatic carbocycles. The number of hydrogen-bond donors (Lipinski definition) is 2. The van der Waals surface area contributed by atoms with Crippen molar-refractivity contribution in [1.82, 2.24) is 24.8 Å². The summed E-state index contributed by atoms with van der Waals surface area (Å²) < 4.78 is 2.16. The molecule has 1 atom stereocenters. The summed E-state index contributed by atoms with van der Waals surface area (Å²) in [4.78, 5) is 23.8. The maximum atomic E-state index is 12.5. The minimum absolute atomic E-state index is 0.114. The Bertz CT molecular complexity index is 784. The van der Waals surface area contributed by atoms with E-state index in [0.29, 0.717) is 18.2 Å². The summed E-state index contributed by atoms with van der Waals surface area (Å²) in [6, 6.07) is 2.56. The molecular formula is C20H29N5O2. The quantitative estimate of drug-likeness (QED) is 0.813. The lowest BCUT2D eigenvalue weighted by Crippen LogP contribution is -2.45. The fourth-order valence-corrected chi connectivity index (χ4v) is 4.47. The van der Waals surface area contributed by atoms with Gasteiger partial charge in [0.1, 0.15) is 5.52 Å². The normalized spacial score (nSPS) is 21.7. The second-order valence-electron chi connectivity index (χ2n) is 7.78. The van der Waals surface area contributed by atoms with E-state index in [2.05, 4.69) is 24.8 Å². The summed E-state index contributed by atoms with van der Waals surface area (Å²) in [5.74, 6) is -0.114. The van der Waals surface area contributed by atoms with Crippen LogP contribution in [-0.4, -0.2) is 62.7 Å². The van der Waals surface area contributed by atoms with Crippen molar-refractivity contribution in [2.45, 2.75) is 57.0 Å². The zero-order chi connectivity index (χ0) is 18.6. The third-order valence-electron chi connectivity index (χ3n) is 6.04. The third kappa shape index (κ3) is 3.99. The first kappa shape index (κ1) is 18.4. The van der Waals surface area contributed by atoms with Gasteiger partial charge in [0.15, 0.2) is 5.65 Å². The van der Waals surface area contributed by atoms with Crippen molar-refractivity contribution in [2.75, 3.05) is 26.2 Å². The zero-order valence-electron chi connectivity index (χ0n) is 15.8. The predicted molar refractivity (Wildman–Crippen MR) is 104 cm³/mol. The highest BCUT2D eigenvalue weighted by molar-refractivity contribution is 5.96. The molecule has 2 aliphatic rings. The molecule has 1 amide bonds. The van der Waals surface area contributed by atoms with E-state index in [4.69, 9.17) is 0 Å². The minimum atomic E-state index is -0.114. The summed E-state index contributed by atoms with van der Waals surface area (Å²) >= 11 is 0. The average molecular weight is 371 g/mol. The Morgan fingerprint density at radius 2 is 2.00 bits per heavy atom. The lowest BCUT2D eigenvalue weighted by Gasteiger charge is -2.34. The molecule has 1 saturated carbocycles. The molecule has 1 aliphatic heterocycles. The van der Waals surface area contributed by atoms with Gasteiger partial charge in [0.05, 0.1) is 18.5 Å². The van der Waals surface area contributed by atoms with Crippen LogP contribution in [0.1, 0.15) is 61.3 Å². The Hall–Kier alpha value is -1.99. The van der Waals surface area contributed by atoms with Crippen LogP contribution in [0.2, 0.25) is 0 Å². The van der Waals surface area contributed by atoms with E-state index >= 15 is 0 Å². The molecule has 1 saturated heterocycles. The average Bonchev–Trinajstić information content (AvgIpc) is 3.37. The van der Waals surface area contributed by atoms with Crippen LogP contribution in [-0.2, 0) is 0 Å². The van der Waals surface area contributed by atoms with E-state index in [1.807, 2.05) is 12.4 Å². The van der Waals surface area contributed by atoms with Gasteiger partial charge >= 0.3 is 0 Å². The van der Waals surface area contributed by atoms with Gasteiger partial charge in [0.25, 0.3) is 5.91 Å². The van der Waals surface area contributed by atoms with Crippen LogP contribution in [0.4, 0.5) is 0 Å². The number of rotatable bonds is 6. The van der Waals surface area contributed by atoms with Gasteiger partial charge in [-0.1, -0.05) is 19.3 Å². The topological polar surface area (TPSA) is 83.3 Å². The summed E-state index contributed by atoms with van der Waals surface area (Å²) in [5.41, 5.74) is 2.21. The number of carbonyl (C=O) groups excluding carboxylic acids is 1. The van der Waals surface area contributed by atoms with E-state index in [0.717, 1.165) is 37.1 Å². The molecule has 0 radical (unpaired) electrons.